The Balaban J connectivity index is 1.60. The first-order valence-corrected chi connectivity index (χ1v) is 9.14. The van der Waals surface area contributed by atoms with Gasteiger partial charge in [-0.1, -0.05) is 48.0 Å². The number of likely N-dealkylation sites (tertiary alicyclic amines) is 1. The summed E-state index contributed by atoms with van der Waals surface area (Å²) in [5, 5.41) is 3.04. The van der Waals surface area contributed by atoms with E-state index in [9.17, 15) is 9.59 Å². The lowest BCUT2D eigenvalue weighted by molar-refractivity contribution is -0.128. The molecule has 1 atom stereocenters. The standard InChI is InChI=1S/C22H26N2O2/c1-15-11-16(2)21(17(3)12-15)23-22(26)19-13-20(25)24(14-19)10-9-18-7-5-4-6-8-18/h4-8,11-12,19H,9-10,13-14H2,1-3H3,(H,23,26)/t19-/m0/s1. The van der Waals surface area contributed by atoms with Gasteiger partial charge in [-0.2, -0.15) is 0 Å². The molecule has 3 rings (SSSR count). The second-order valence-corrected chi connectivity index (χ2v) is 7.24. The number of rotatable bonds is 5. The molecule has 0 radical (unpaired) electrons. The molecule has 26 heavy (non-hydrogen) atoms. The monoisotopic (exact) mass is 350 g/mol. The molecular formula is C22H26N2O2. The van der Waals surface area contributed by atoms with Crippen molar-refractivity contribution in [2.75, 3.05) is 18.4 Å². The van der Waals surface area contributed by atoms with E-state index < -0.39 is 0 Å². The van der Waals surface area contributed by atoms with Gasteiger partial charge in [0.05, 0.1) is 5.92 Å². The fourth-order valence-corrected chi connectivity index (χ4v) is 3.68. The van der Waals surface area contributed by atoms with Gasteiger partial charge in [0.25, 0.3) is 0 Å². The fourth-order valence-electron chi connectivity index (χ4n) is 3.68. The van der Waals surface area contributed by atoms with Gasteiger partial charge in [-0.15, -0.1) is 0 Å². The van der Waals surface area contributed by atoms with Crippen LogP contribution >= 0.6 is 0 Å². The van der Waals surface area contributed by atoms with E-state index in [2.05, 4.69) is 29.6 Å². The number of benzene rings is 2. The van der Waals surface area contributed by atoms with Gasteiger partial charge in [-0.25, -0.2) is 0 Å². The molecule has 0 bridgehead atoms. The van der Waals surface area contributed by atoms with Crippen molar-refractivity contribution in [3.8, 4) is 0 Å². The van der Waals surface area contributed by atoms with Gasteiger partial charge in [0.2, 0.25) is 11.8 Å². The number of anilines is 1. The zero-order valence-corrected chi connectivity index (χ0v) is 15.7. The predicted octanol–water partition coefficient (Wildman–Crippen LogP) is 3.64. The van der Waals surface area contributed by atoms with Gasteiger partial charge in [0, 0.05) is 25.2 Å². The quantitative estimate of drug-likeness (QED) is 0.895. The zero-order valence-electron chi connectivity index (χ0n) is 15.7. The maximum Gasteiger partial charge on any atom is 0.229 e. The number of carbonyl (C=O) groups excluding carboxylic acids is 2. The number of hydrogen-bond acceptors (Lipinski definition) is 2. The predicted molar refractivity (Wildman–Crippen MR) is 104 cm³/mol. The molecule has 1 saturated heterocycles. The molecule has 1 aliphatic heterocycles. The number of nitrogens with zero attached hydrogens (tertiary/aromatic N) is 1. The van der Waals surface area contributed by atoms with Gasteiger partial charge in [-0.05, 0) is 43.9 Å². The third-order valence-corrected chi connectivity index (χ3v) is 5.02. The van der Waals surface area contributed by atoms with E-state index in [-0.39, 0.29) is 17.7 Å². The Morgan fingerprint density at radius 1 is 1.12 bits per heavy atom. The highest BCUT2D eigenvalue weighted by Gasteiger charge is 2.34. The first-order valence-electron chi connectivity index (χ1n) is 9.14. The summed E-state index contributed by atoms with van der Waals surface area (Å²) < 4.78 is 0. The van der Waals surface area contributed by atoms with E-state index in [1.165, 1.54) is 11.1 Å². The summed E-state index contributed by atoms with van der Waals surface area (Å²) in [4.78, 5) is 26.8. The summed E-state index contributed by atoms with van der Waals surface area (Å²) in [5.41, 5.74) is 5.37. The number of hydrogen-bond donors (Lipinski definition) is 1. The number of carbonyl (C=O) groups is 2. The average Bonchev–Trinajstić information content (AvgIpc) is 2.98. The normalized spacial score (nSPS) is 16.8. The number of amides is 2. The van der Waals surface area contributed by atoms with Gasteiger partial charge in [-0.3, -0.25) is 9.59 Å². The van der Waals surface area contributed by atoms with Crippen LogP contribution in [0.1, 0.15) is 28.7 Å². The lowest BCUT2D eigenvalue weighted by Gasteiger charge is -2.18. The van der Waals surface area contributed by atoms with E-state index in [1.807, 2.05) is 43.9 Å². The van der Waals surface area contributed by atoms with Crippen LogP contribution in [0.4, 0.5) is 5.69 Å². The molecule has 0 unspecified atom stereocenters. The van der Waals surface area contributed by atoms with Gasteiger partial charge >= 0.3 is 0 Å². The Morgan fingerprint density at radius 2 is 1.77 bits per heavy atom. The minimum atomic E-state index is -0.279. The largest absolute Gasteiger partial charge is 0.342 e. The minimum Gasteiger partial charge on any atom is -0.342 e. The van der Waals surface area contributed by atoms with Crippen molar-refractivity contribution in [1.29, 1.82) is 0 Å². The zero-order chi connectivity index (χ0) is 18.7. The van der Waals surface area contributed by atoms with Crippen molar-refractivity contribution in [1.82, 2.24) is 4.90 Å². The van der Waals surface area contributed by atoms with Crippen molar-refractivity contribution < 1.29 is 9.59 Å². The highest BCUT2D eigenvalue weighted by Crippen LogP contribution is 2.25. The smallest absolute Gasteiger partial charge is 0.229 e. The van der Waals surface area contributed by atoms with Crippen LogP contribution in [0, 0.1) is 26.7 Å². The topological polar surface area (TPSA) is 49.4 Å². The molecule has 4 heteroatoms. The SMILES string of the molecule is Cc1cc(C)c(NC(=O)[C@H]2CC(=O)N(CCc3ccccc3)C2)c(C)c1. The first-order chi connectivity index (χ1) is 12.4. The molecule has 1 N–H and O–H groups in total. The Morgan fingerprint density at radius 3 is 2.42 bits per heavy atom. The molecule has 2 amide bonds. The van der Waals surface area contributed by atoms with Crippen molar-refractivity contribution in [3.63, 3.8) is 0 Å². The minimum absolute atomic E-state index is 0.0596. The summed E-state index contributed by atoms with van der Waals surface area (Å²) in [6.07, 6.45) is 1.11. The highest BCUT2D eigenvalue weighted by molar-refractivity contribution is 5.98. The van der Waals surface area contributed by atoms with Crippen LogP contribution in [-0.4, -0.2) is 29.8 Å². The van der Waals surface area contributed by atoms with Crippen molar-refractivity contribution >= 4 is 17.5 Å². The third kappa shape index (κ3) is 4.13. The number of aryl methyl sites for hydroxylation is 3. The van der Waals surface area contributed by atoms with Gasteiger partial charge < -0.3 is 10.2 Å². The second-order valence-electron chi connectivity index (χ2n) is 7.24. The highest BCUT2D eigenvalue weighted by atomic mass is 16.2. The molecule has 4 nitrogen and oxygen atoms in total. The lowest BCUT2D eigenvalue weighted by Crippen LogP contribution is -2.30. The molecule has 1 fully saturated rings. The van der Waals surface area contributed by atoms with E-state index in [4.69, 9.17) is 0 Å². The molecule has 1 aliphatic rings. The Labute approximate surface area is 155 Å². The third-order valence-electron chi connectivity index (χ3n) is 5.02. The summed E-state index contributed by atoms with van der Waals surface area (Å²) in [6, 6.07) is 14.2. The molecule has 136 valence electrons. The van der Waals surface area contributed by atoms with Crippen molar-refractivity contribution in [3.05, 3.63) is 64.7 Å². The molecule has 2 aromatic carbocycles. The summed E-state index contributed by atoms with van der Waals surface area (Å²) >= 11 is 0. The maximum atomic E-state index is 12.7. The first kappa shape index (κ1) is 18.2. The van der Waals surface area contributed by atoms with Crippen LogP contribution in [0.5, 0.6) is 0 Å². The van der Waals surface area contributed by atoms with E-state index in [0.29, 0.717) is 19.5 Å². The average molecular weight is 350 g/mol. The fraction of sp³-hybridized carbons (Fsp3) is 0.364. The van der Waals surface area contributed by atoms with E-state index >= 15 is 0 Å². The molecule has 1 heterocycles. The Bertz CT molecular complexity index is 791. The Hall–Kier alpha value is -2.62. The summed E-state index contributed by atoms with van der Waals surface area (Å²) in [7, 11) is 0. The molecule has 0 aromatic heterocycles. The molecular weight excluding hydrogens is 324 g/mol. The molecule has 0 spiro atoms. The summed E-state index contributed by atoms with van der Waals surface area (Å²) in [5.74, 6) is -0.271. The summed E-state index contributed by atoms with van der Waals surface area (Å²) in [6.45, 7) is 7.21. The van der Waals surface area contributed by atoms with Gasteiger partial charge in [0.1, 0.15) is 0 Å². The number of nitrogens with one attached hydrogen (secondary N) is 1. The second kappa shape index (κ2) is 7.73. The van der Waals surface area contributed by atoms with Crippen LogP contribution in [0.25, 0.3) is 0 Å². The Kier molecular flexibility index (Phi) is 5.40. The van der Waals surface area contributed by atoms with Crippen molar-refractivity contribution in [2.24, 2.45) is 5.92 Å². The molecule has 0 aliphatic carbocycles. The van der Waals surface area contributed by atoms with Crippen LogP contribution in [0.15, 0.2) is 42.5 Å². The molecule has 2 aromatic rings. The van der Waals surface area contributed by atoms with Crippen LogP contribution < -0.4 is 5.32 Å². The lowest BCUT2D eigenvalue weighted by atomic mass is 10.0. The van der Waals surface area contributed by atoms with Crippen LogP contribution in [-0.2, 0) is 16.0 Å². The van der Waals surface area contributed by atoms with Gasteiger partial charge in [0.15, 0.2) is 0 Å². The maximum absolute atomic E-state index is 12.7. The molecule has 0 saturated carbocycles. The van der Waals surface area contributed by atoms with Crippen LogP contribution in [0.2, 0.25) is 0 Å². The van der Waals surface area contributed by atoms with E-state index in [1.54, 1.807) is 0 Å². The van der Waals surface area contributed by atoms with Crippen LogP contribution in [0.3, 0.4) is 0 Å². The van der Waals surface area contributed by atoms with E-state index in [0.717, 1.165) is 23.2 Å². The van der Waals surface area contributed by atoms with Crippen molar-refractivity contribution in [2.45, 2.75) is 33.6 Å².